The van der Waals surface area contributed by atoms with Crippen molar-refractivity contribution in [1.29, 1.82) is 0 Å². The highest BCUT2D eigenvalue weighted by Gasteiger charge is 2.56. The number of benzene rings is 2. The van der Waals surface area contributed by atoms with Gasteiger partial charge in [-0.2, -0.15) is 33.7 Å². The molecule has 4 nitrogen and oxygen atoms in total. The number of hydrogen-bond acceptors (Lipinski definition) is 5. The number of esters is 1. The molecule has 51 heavy (non-hydrogen) atoms. The highest BCUT2D eigenvalue weighted by atomic mass is 32.2. The average Bonchev–Trinajstić information content (AvgIpc) is 3.34. The van der Waals surface area contributed by atoms with E-state index >= 15 is 0 Å². The molecule has 0 radical (unpaired) electrons. The van der Waals surface area contributed by atoms with E-state index in [1.165, 1.54) is 35.4 Å². The fourth-order valence-electron chi connectivity index (χ4n) is 7.32. The maximum absolute atomic E-state index is 13.0. The predicted molar refractivity (Wildman–Crippen MR) is 200 cm³/mol. The third-order valence-corrected chi connectivity index (χ3v) is 12.1. The van der Waals surface area contributed by atoms with Crippen LogP contribution in [0.4, 0.5) is 22.0 Å². The molecular weight excluding hydrogens is 700 g/mol. The Morgan fingerprint density at radius 1 is 0.922 bits per heavy atom. The van der Waals surface area contributed by atoms with Gasteiger partial charge < -0.3 is 13.9 Å². The van der Waals surface area contributed by atoms with Crippen molar-refractivity contribution < 1.29 is 40.6 Å². The van der Waals surface area contributed by atoms with Gasteiger partial charge in [-0.1, -0.05) is 52.0 Å². The molecule has 2 aromatic rings. The molecule has 0 aromatic heterocycles. The topological polar surface area (TPSA) is 44.8 Å². The maximum Gasteiger partial charge on any atom is 0.453 e. The van der Waals surface area contributed by atoms with Gasteiger partial charge in [-0.15, -0.1) is 0 Å². The molecule has 0 saturated heterocycles. The van der Waals surface area contributed by atoms with Gasteiger partial charge in [0.2, 0.25) is 9.04 Å². The minimum Gasteiger partial charge on any atom is -0.547 e. The zero-order valence-corrected chi connectivity index (χ0v) is 33.2. The lowest BCUT2D eigenvalue weighted by molar-refractivity contribution is -0.284. The highest BCUT2D eigenvalue weighted by Crippen LogP contribution is 2.59. The maximum atomic E-state index is 13.0. The van der Waals surface area contributed by atoms with E-state index in [0.717, 1.165) is 67.6 Å². The van der Waals surface area contributed by atoms with E-state index in [0.29, 0.717) is 18.3 Å². The van der Waals surface area contributed by atoms with Gasteiger partial charge >= 0.3 is 18.1 Å². The smallest absolute Gasteiger partial charge is 0.453 e. The fraction of sp³-hybridized carbons (Fsp3) is 0.625. The molecule has 0 aliphatic heterocycles. The van der Waals surface area contributed by atoms with Gasteiger partial charge in [0.25, 0.3) is 0 Å². The molecule has 2 aromatic carbocycles. The van der Waals surface area contributed by atoms with Crippen LogP contribution in [0.25, 0.3) is 11.1 Å². The number of unbranched alkanes of at least 4 members (excludes halogenated alkanes) is 2. The SMILES string of the molecule is CC(=O)O[C@H]1CC[C@H]2CC(c3ccc(C(C)(C)C)cc3O[SiH](C)C)=C(c3ccc(OCCCCCSCCCC(F)(F)C(F)(F)F)cc3)C[C@@]21C. The summed E-state index contributed by atoms with van der Waals surface area (Å²) in [5, 5.41) is 0. The van der Waals surface area contributed by atoms with Crippen molar-refractivity contribution in [2.24, 2.45) is 11.3 Å². The van der Waals surface area contributed by atoms with E-state index in [2.05, 4.69) is 71.1 Å². The molecule has 0 N–H and O–H groups in total. The Morgan fingerprint density at radius 2 is 1.61 bits per heavy atom. The van der Waals surface area contributed by atoms with E-state index in [9.17, 15) is 26.7 Å². The van der Waals surface area contributed by atoms with Crippen LogP contribution < -0.4 is 9.16 Å². The number of thioether (sulfide) groups is 1. The second-order valence-electron chi connectivity index (χ2n) is 15.7. The monoisotopic (exact) mass is 754 g/mol. The summed E-state index contributed by atoms with van der Waals surface area (Å²) in [4.78, 5) is 12.1. The second kappa shape index (κ2) is 17.1. The Balaban J connectivity index is 1.44. The van der Waals surface area contributed by atoms with Crippen LogP contribution in [0.15, 0.2) is 42.5 Å². The van der Waals surface area contributed by atoms with E-state index < -0.39 is 27.6 Å². The molecule has 0 spiro atoms. The Kier molecular flexibility index (Phi) is 13.8. The van der Waals surface area contributed by atoms with E-state index in [1.807, 2.05) is 12.1 Å². The van der Waals surface area contributed by atoms with Crippen molar-refractivity contribution in [2.45, 2.75) is 129 Å². The third kappa shape index (κ3) is 10.8. The molecule has 284 valence electrons. The number of rotatable bonds is 16. The van der Waals surface area contributed by atoms with Gasteiger partial charge in [-0.3, -0.25) is 4.79 Å². The molecule has 0 bridgehead atoms. The molecule has 2 aliphatic carbocycles. The van der Waals surface area contributed by atoms with E-state index in [-0.39, 0.29) is 35.1 Å². The number of carbonyl (C=O) groups is 1. The molecule has 3 atom stereocenters. The van der Waals surface area contributed by atoms with Crippen molar-refractivity contribution in [1.82, 2.24) is 0 Å². The molecule has 1 fully saturated rings. The predicted octanol–water partition coefficient (Wildman–Crippen LogP) is 11.7. The minimum atomic E-state index is -5.48. The minimum absolute atomic E-state index is 0.0138. The average molecular weight is 755 g/mol. The van der Waals surface area contributed by atoms with Crippen molar-refractivity contribution in [3.05, 3.63) is 59.2 Å². The molecule has 2 aliphatic rings. The van der Waals surface area contributed by atoms with Crippen LogP contribution in [0.5, 0.6) is 11.5 Å². The van der Waals surface area contributed by atoms with Crippen LogP contribution in [-0.2, 0) is 14.9 Å². The first-order valence-electron chi connectivity index (χ1n) is 18.3. The summed E-state index contributed by atoms with van der Waals surface area (Å²) in [7, 11) is -1.41. The van der Waals surface area contributed by atoms with Crippen LogP contribution in [0.2, 0.25) is 13.1 Å². The Labute approximate surface area is 307 Å². The van der Waals surface area contributed by atoms with Gasteiger partial charge in [0.1, 0.15) is 17.6 Å². The summed E-state index contributed by atoms with van der Waals surface area (Å²) in [6, 6.07) is 14.9. The number of alkyl halides is 5. The molecule has 11 heteroatoms. The number of hydrogen-bond donors (Lipinski definition) is 0. The molecule has 1 saturated carbocycles. The number of ether oxygens (including phenoxy) is 2. The largest absolute Gasteiger partial charge is 0.547 e. The third-order valence-electron chi connectivity index (χ3n) is 10.3. The number of carbonyl (C=O) groups excluding carboxylic acids is 1. The lowest BCUT2D eigenvalue weighted by Crippen LogP contribution is -2.38. The first-order valence-corrected chi connectivity index (χ1v) is 22.2. The molecular formula is C40H55F5O4SSi. The lowest BCUT2D eigenvalue weighted by atomic mass is 9.64. The zero-order chi connectivity index (χ0) is 37.6. The van der Waals surface area contributed by atoms with Gasteiger partial charge in [-0.25, -0.2) is 0 Å². The van der Waals surface area contributed by atoms with Crippen molar-refractivity contribution in [3.8, 4) is 11.5 Å². The van der Waals surface area contributed by atoms with Gasteiger partial charge in [-0.05, 0) is 128 Å². The van der Waals surface area contributed by atoms with Crippen molar-refractivity contribution >= 4 is 37.9 Å². The van der Waals surface area contributed by atoms with Crippen LogP contribution in [0, 0.1) is 11.3 Å². The van der Waals surface area contributed by atoms with Crippen LogP contribution in [-0.4, -0.2) is 51.3 Å². The molecule has 0 unspecified atom stereocenters. The van der Waals surface area contributed by atoms with Crippen molar-refractivity contribution in [3.63, 3.8) is 0 Å². The molecule has 4 rings (SSSR count). The number of halogens is 5. The van der Waals surface area contributed by atoms with E-state index in [1.54, 1.807) is 0 Å². The quantitative estimate of drug-likeness (QED) is 0.0739. The summed E-state index contributed by atoms with van der Waals surface area (Å²) >= 11 is 1.41. The fourth-order valence-corrected chi connectivity index (χ4v) is 8.99. The highest BCUT2D eigenvalue weighted by molar-refractivity contribution is 7.99. The lowest BCUT2D eigenvalue weighted by Gasteiger charge is -2.42. The summed E-state index contributed by atoms with van der Waals surface area (Å²) in [5.41, 5.74) is 5.86. The first kappa shape index (κ1) is 41.2. The standard InChI is InChI=1S/C40H55F5O4SSi/c1-27(46)48-36-19-15-30-24-33(32-18-14-29(37(2,3)4)25-35(32)49-51(6)7)34(26-38(30,36)5)28-12-16-31(17-13-28)47-21-9-8-10-22-50-23-11-20-39(41,42)40(43,44)45/h12-14,16-18,25,30,36,51H,8-11,15,19-24,26H2,1-7H3/t30-,36-,38-/m0/s1. The van der Waals surface area contributed by atoms with Gasteiger partial charge in [0.05, 0.1) is 6.61 Å². The van der Waals surface area contributed by atoms with Crippen LogP contribution in [0.3, 0.4) is 0 Å². The Morgan fingerprint density at radius 3 is 2.24 bits per heavy atom. The second-order valence-corrected chi connectivity index (χ2v) is 19.3. The van der Waals surface area contributed by atoms with E-state index in [4.69, 9.17) is 13.9 Å². The number of allylic oxidation sites excluding steroid dienone is 2. The summed E-state index contributed by atoms with van der Waals surface area (Å²) in [6.45, 7) is 15.3. The summed E-state index contributed by atoms with van der Waals surface area (Å²) in [6.07, 6.45) is -0.872. The molecule has 0 amide bonds. The molecule has 0 heterocycles. The van der Waals surface area contributed by atoms with Crippen LogP contribution in [0.1, 0.15) is 109 Å². The summed E-state index contributed by atoms with van der Waals surface area (Å²) in [5.74, 6) is -1.75. The van der Waals surface area contributed by atoms with Crippen LogP contribution >= 0.6 is 11.8 Å². The Hall–Kier alpha value is -2.53. The summed E-state index contributed by atoms with van der Waals surface area (Å²) < 4.78 is 81.5. The Bertz CT molecular complexity index is 1500. The zero-order valence-electron chi connectivity index (χ0n) is 31.2. The normalized spacial score (nSPS) is 21.2. The van der Waals surface area contributed by atoms with Gasteiger partial charge in [0, 0.05) is 24.3 Å². The van der Waals surface area contributed by atoms with Crippen molar-refractivity contribution in [2.75, 3.05) is 18.1 Å². The number of fused-ring (bicyclic) bond motifs is 1. The first-order chi connectivity index (χ1) is 23.8. The van der Waals surface area contributed by atoms with Gasteiger partial charge in [0.15, 0.2) is 0 Å².